The number of aryl methyl sites for hydroxylation is 1. The molecule has 0 unspecified atom stereocenters. The van der Waals surface area contributed by atoms with E-state index in [0.717, 1.165) is 22.6 Å². The Morgan fingerprint density at radius 2 is 1.74 bits per heavy atom. The van der Waals surface area contributed by atoms with Crippen molar-refractivity contribution in [2.45, 2.75) is 40.0 Å². The lowest BCUT2D eigenvalue weighted by Crippen LogP contribution is -2.13. The molecule has 1 heterocycles. The van der Waals surface area contributed by atoms with Crippen molar-refractivity contribution in [3.05, 3.63) is 87.7 Å². The zero-order valence-electron chi connectivity index (χ0n) is 18.5. The number of halogens is 1. The summed E-state index contributed by atoms with van der Waals surface area (Å²) >= 11 is 6.11. The van der Waals surface area contributed by atoms with Crippen molar-refractivity contribution in [1.82, 2.24) is 4.57 Å². The standard InChI is InChI=1S/C26H26ClN3O/c1-17-14-19(15-20(16-28)25(31)29-24-9-7-6-8-23(24)27)18(2)30(17)22-12-10-21(11-13-22)26(3,4)5/h6-15H,1-5H3,(H,29,31)/b20-15-. The number of hydrogen-bond acceptors (Lipinski definition) is 2. The van der Waals surface area contributed by atoms with Gasteiger partial charge in [0.15, 0.2) is 0 Å². The van der Waals surface area contributed by atoms with Crippen LogP contribution in [0.4, 0.5) is 5.69 Å². The topological polar surface area (TPSA) is 57.8 Å². The molecule has 1 aromatic heterocycles. The minimum Gasteiger partial charge on any atom is -0.320 e. The van der Waals surface area contributed by atoms with E-state index in [2.05, 4.69) is 54.9 Å². The summed E-state index contributed by atoms with van der Waals surface area (Å²) in [6.45, 7) is 10.6. The van der Waals surface area contributed by atoms with Crippen LogP contribution in [0.25, 0.3) is 11.8 Å². The summed E-state index contributed by atoms with van der Waals surface area (Å²) < 4.78 is 2.12. The van der Waals surface area contributed by atoms with Gasteiger partial charge in [0, 0.05) is 17.1 Å². The van der Waals surface area contributed by atoms with Crippen LogP contribution in [0.3, 0.4) is 0 Å². The van der Waals surface area contributed by atoms with Gasteiger partial charge in [-0.05, 0) is 66.8 Å². The summed E-state index contributed by atoms with van der Waals surface area (Å²) in [4.78, 5) is 12.6. The van der Waals surface area contributed by atoms with Gasteiger partial charge in [0.1, 0.15) is 11.6 Å². The van der Waals surface area contributed by atoms with E-state index in [1.807, 2.05) is 26.0 Å². The number of anilines is 1. The maximum absolute atomic E-state index is 12.6. The van der Waals surface area contributed by atoms with Gasteiger partial charge in [-0.25, -0.2) is 0 Å². The van der Waals surface area contributed by atoms with E-state index in [-0.39, 0.29) is 11.0 Å². The molecule has 3 aromatic rings. The van der Waals surface area contributed by atoms with Gasteiger partial charge in [-0.3, -0.25) is 4.79 Å². The molecule has 0 fully saturated rings. The Balaban J connectivity index is 1.93. The third-order valence-corrected chi connectivity index (χ3v) is 5.58. The highest BCUT2D eigenvalue weighted by molar-refractivity contribution is 6.34. The van der Waals surface area contributed by atoms with Crippen molar-refractivity contribution in [2.24, 2.45) is 0 Å². The number of carbonyl (C=O) groups is 1. The first-order chi connectivity index (χ1) is 14.6. The number of carbonyl (C=O) groups excluding carboxylic acids is 1. The van der Waals surface area contributed by atoms with Crippen molar-refractivity contribution in [2.75, 3.05) is 5.32 Å². The number of nitriles is 1. The van der Waals surface area contributed by atoms with Gasteiger partial charge >= 0.3 is 0 Å². The normalized spacial score (nSPS) is 11.8. The molecule has 0 spiro atoms. The van der Waals surface area contributed by atoms with E-state index in [1.165, 1.54) is 5.56 Å². The van der Waals surface area contributed by atoms with E-state index in [4.69, 9.17) is 11.6 Å². The number of nitrogens with zero attached hydrogens (tertiary/aromatic N) is 2. The van der Waals surface area contributed by atoms with Gasteiger partial charge < -0.3 is 9.88 Å². The van der Waals surface area contributed by atoms with Crippen LogP contribution >= 0.6 is 11.6 Å². The molecule has 1 amide bonds. The largest absolute Gasteiger partial charge is 0.320 e. The number of hydrogen-bond donors (Lipinski definition) is 1. The molecule has 0 saturated heterocycles. The SMILES string of the molecule is Cc1cc(/C=C(/C#N)C(=O)Nc2ccccc2Cl)c(C)n1-c1ccc(C(C)(C)C)cc1. The van der Waals surface area contributed by atoms with Crippen LogP contribution in [-0.2, 0) is 10.2 Å². The number of benzene rings is 2. The molecular formula is C26H26ClN3O. The fourth-order valence-electron chi connectivity index (χ4n) is 3.50. The van der Waals surface area contributed by atoms with Gasteiger partial charge in [-0.15, -0.1) is 0 Å². The van der Waals surface area contributed by atoms with Crippen molar-refractivity contribution in [3.63, 3.8) is 0 Å². The average Bonchev–Trinajstić information content (AvgIpc) is 3.00. The van der Waals surface area contributed by atoms with Crippen LogP contribution in [0.15, 0.2) is 60.2 Å². The lowest BCUT2D eigenvalue weighted by molar-refractivity contribution is -0.112. The van der Waals surface area contributed by atoms with Gasteiger partial charge in [0.25, 0.3) is 5.91 Å². The Labute approximate surface area is 188 Å². The van der Waals surface area contributed by atoms with E-state index in [1.54, 1.807) is 30.3 Å². The van der Waals surface area contributed by atoms with Crippen molar-refractivity contribution < 1.29 is 4.79 Å². The third kappa shape index (κ3) is 4.90. The maximum atomic E-state index is 12.6. The monoisotopic (exact) mass is 431 g/mol. The van der Waals surface area contributed by atoms with Crippen LogP contribution in [-0.4, -0.2) is 10.5 Å². The Hall–Kier alpha value is -3.29. The predicted octanol–water partition coefficient (Wildman–Crippen LogP) is 6.59. The molecule has 0 saturated carbocycles. The van der Waals surface area contributed by atoms with E-state index < -0.39 is 5.91 Å². The lowest BCUT2D eigenvalue weighted by atomic mass is 9.87. The molecule has 1 N–H and O–H groups in total. The average molecular weight is 432 g/mol. The number of para-hydroxylation sites is 1. The van der Waals surface area contributed by atoms with Crippen molar-refractivity contribution in [1.29, 1.82) is 5.26 Å². The molecule has 4 nitrogen and oxygen atoms in total. The number of aromatic nitrogens is 1. The predicted molar refractivity (Wildman–Crippen MR) is 128 cm³/mol. The second kappa shape index (κ2) is 8.83. The number of rotatable bonds is 4. The molecule has 5 heteroatoms. The minimum absolute atomic E-state index is 0.0169. The van der Waals surface area contributed by atoms with Crippen LogP contribution in [0.1, 0.15) is 43.3 Å². The highest BCUT2D eigenvalue weighted by atomic mass is 35.5. The first-order valence-electron chi connectivity index (χ1n) is 10.1. The molecule has 3 rings (SSSR count). The summed E-state index contributed by atoms with van der Waals surface area (Å²) in [5.74, 6) is -0.491. The molecule has 31 heavy (non-hydrogen) atoms. The molecule has 0 aliphatic carbocycles. The summed E-state index contributed by atoms with van der Waals surface area (Å²) in [6.07, 6.45) is 1.62. The first kappa shape index (κ1) is 22.4. The fourth-order valence-corrected chi connectivity index (χ4v) is 3.68. The smallest absolute Gasteiger partial charge is 0.266 e. The van der Waals surface area contributed by atoms with E-state index in [9.17, 15) is 10.1 Å². The zero-order chi connectivity index (χ0) is 22.8. The van der Waals surface area contributed by atoms with Gasteiger partial charge in [-0.1, -0.05) is 56.6 Å². The van der Waals surface area contributed by atoms with Crippen molar-refractivity contribution >= 4 is 29.3 Å². The highest BCUT2D eigenvalue weighted by Crippen LogP contribution is 2.27. The molecule has 0 aliphatic rings. The van der Waals surface area contributed by atoms with E-state index in [0.29, 0.717) is 10.7 Å². The highest BCUT2D eigenvalue weighted by Gasteiger charge is 2.16. The number of nitrogens with one attached hydrogen (secondary N) is 1. The quantitative estimate of drug-likeness (QED) is 0.374. The second-order valence-corrected chi connectivity index (χ2v) is 8.97. The summed E-state index contributed by atoms with van der Waals surface area (Å²) in [5, 5.41) is 12.7. The van der Waals surface area contributed by atoms with Gasteiger partial charge in [0.2, 0.25) is 0 Å². The molecule has 2 aromatic carbocycles. The first-order valence-corrected chi connectivity index (χ1v) is 10.5. The Morgan fingerprint density at radius 1 is 1.10 bits per heavy atom. The molecule has 158 valence electrons. The Kier molecular flexibility index (Phi) is 6.38. The van der Waals surface area contributed by atoms with Crippen LogP contribution in [0.2, 0.25) is 5.02 Å². The van der Waals surface area contributed by atoms with Gasteiger partial charge in [-0.2, -0.15) is 5.26 Å². The number of amides is 1. The third-order valence-electron chi connectivity index (χ3n) is 5.25. The Morgan fingerprint density at radius 3 is 2.32 bits per heavy atom. The maximum Gasteiger partial charge on any atom is 0.266 e. The molecule has 0 aliphatic heterocycles. The summed E-state index contributed by atoms with van der Waals surface area (Å²) in [7, 11) is 0. The second-order valence-electron chi connectivity index (χ2n) is 8.56. The molecule has 0 radical (unpaired) electrons. The van der Waals surface area contributed by atoms with Crippen LogP contribution < -0.4 is 5.32 Å². The van der Waals surface area contributed by atoms with Gasteiger partial charge in [0.05, 0.1) is 10.7 Å². The lowest BCUT2D eigenvalue weighted by Gasteiger charge is -2.20. The van der Waals surface area contributed by atoms with Crippen molar-refractivity contribution in [3.8, 4) is 11.8 Å². The summed E-state index contributed by atoms with van der Waals surface area (Å²) in [6, 6.07) is 19.4. The molecule has 0 atom stereocenters. The van der Waals surface area contributed by atoms with Crippen LogP contribution in [0, 0.1) is 25.2 Å². The van der Waals surface area contributed by atoms with E-state index >= 15 is 0 Å². The Bertz CT molecular complexity index is 1190. The summed E-state index contributed by atoms with van der Waals surface area (Å²) in [5.41, 5.74) is 5.69. The fraction of sp³-hybridized carbons (Fsp3) is 0.231. The van der Waals surface area contributed by atoms with Crippen LogP contribution in [0.5, 0.6) is 0 Å². The zero-order valence-corrected chi connectivity index (χ0v) is 19.2. The molecule has 0 bridgehead atoms. The minimum atomic E-state index is -0.491. The molecular weight excluding hydrogens is 406 g/mol.